The van der Waals surface area contributed by atoms with Crippen LogP contribution < -0.4 is 3.83 Å². The zero-order chi connectivity index (χ0) is 16.8. The Balaban J connectivity index is 2.99. The number of rotatable bonds is 2. The van der Waals surface area contributed by atoms with Crippen molar-refractivity contribution < 1.29 is 8.93 Å². The number of aromatic hydroxyl groups is 1. The Morgan fingerprint density at radius 3 is 1.73 bits per heavy atom. The Bertz CT molecular complexity index is 775. The second kappa shape index (κ2) is 8.05. The standard InChI is InChI=1S/C12H2Br8O2/c13-2-1-3(21)4(7(15)6(2)14)5-8(16)9(17)10(18)11(19)12(5)22-20/h1,21H. The number of hydrogen-bond acceptors (Lipinski definition) is 2. The van der Waals surface area contributed by atoms with Crippen molar-refractivity contribution in [1.29, 1.82) is 0 Å². The lowest BCUT2D eigenvalue weighted by molar-refractivity contribution is 0.476. The summed E-state index contributed by atoms with van der Waals surface area (Å²) in [6.45, 7) is 0. The van der Waals surface area contributed by atoms with Gasteiger partial charge in [-0.1, -0.05) is 0 Å². The summed E-state index contributed by atoms with van der Waals surface area (Å²) in [6, 6.07) is 1.61. The van der Waals surface area contributed by atoms with Gasteiger partial charge in [0, 0.05) is 33.5 Å². The average Bonchev–Trinajstić information content (AvgIpc) is 2.48. The van der Waals surface area contributed by atoms with E-state index in [1.165, 1.54) is 0 Å². The molecule has 2 aromatic carbocycles. The summed E-state index contributed by atoms with van der Waals surface area (Å²) in [5.74, 6) is 0.599. The Kier molecular flexibility index (Phi) is 7.39. The molecule has 118 valence electrons. The third kappa shape index (κ3) is 3.54. The molecule has 0 saturated carbocycles. The molecule has 0 aliphatic heterocycles. The van der Waals surface area contributed by atoms with Crippen LogP contribution in [0.25, 0.3) is 11.1 Å². The highest BCUT2D eigenvalue weighted by Gasteiger charge is 2.26. The second-order valence-corrected chi connectivity index (χ2v) is 9.85. The van der Waals surface area contributed by atoms with Crippen molar-refractivity contribution in [3.05, 3.63) is 37.4 Å². The third-order valence-electron chi connectivity index (χ3n) is 2.69. The van der Waals surface area contributed by atoms with Gasteiger partial charge >= 0.3 is 0 Å². The molecule has 2 aromatic rings. The Labute approximate surface area is 194 Å². The van der Waals surface area contributed by atoms with Crippen LogP contribution in [-0.2, 0) is 0 Å². The number of phenolic OH excluding ortho intramolecular Hbond substituents is 1. The molecule has 0 atom stereocenters. The van der Waals surface area contributed by atoms with E-state index in [0.29, 0.717) is 25.8 Å². The molecule has 0 unspecified atom stereocenters. The largest absolute Gasteiger partial charge is 0.507 e. The fourth-order valence-corrected chi connectivity index (χ4v) is 6.24. The molecular formula is C12H2Br8O2. The highest BCUT2D eigenvalue weighted by molar-refractivity contribution is 9.15. The summed E-state index contributed by atoms with van der Waals surface area (Å²) in [6.07, 6.45) is 0. The molecule has 10 heteroatoms. The molecule has 2 nitrogen and oxygen atoms in total. The van der Waals surface area contributed by atoms with Gasteiger partial charge in [-0.05, 0) is 118 Å². The lowest BCUT2D eigenvalue weighted by Gasteiger charge is -2.18. The summed E-state index contributed by atoms with van der Waals surface area (Å²) in [5, 5.41) is 10.4. The quantitative estimate of drug-likeness (QED) is 0.242. The molecule has 0 amide bonds. The molecular weight excluding hydrogens is 815 g/mol. The van der Waals surface area contributed by atoms with Gasteiger partial charge in [0.1, 0.15) is 5.75 Å². The summed E-state index contributed by atoms with van der Waals surface area (Å²) in [5.41, 5.74) is 1.24. The van der Waals surface area contributed by atoms with Crippen molar-refractivity contribution in [1.82, 2.24) is 0 Å². The Morgan fingerprint density at radius 2 is 1.18 bits per heavy atom. The predicted molar refractivity (Wildman–Crippen MR) is 117 cm³/mol. The fourth-order valence-electron chi connectivity index (χ4n) is 1.73. The zero-order valence-electron chi connectivity index (χ0n) is 9.96. The minimum absolute atomic E-state index is 0.0922. The maximum absolute atomic E-state index is 10.4. The van der Waals surface area contributed by atoms with Crippen LogP contribution in [0.4, 0.5) is 0 Å². The molecule has 2 rings (SSSR count). The molecule has 0 heterocycles. The van der Waals surface area contributed by atoms with Gasteiger partial charge in [0.15, 0.2) is 22.0 Å². The first kappa shape index (κ1) is 20.2. The van der Waals surface area contributed by atoms with E-state index in [2.05, 4.69) is 128 Å². The van der Waals surface area contributed by atoms with E-state index in [1.807, 2.05) is 0 Å². The fraction of sp³-hybridized carbons (Fsp3) is 0. The van der Waals surface area contributed by atoms with Gasteiger partial charge in [0.2, 0.25) is 0 Å². The van der Waals surface area contributed by atoms with E-state index in [1.54, 1.807) is 6.07 Å². The van der Waals surface area contributed by atoms with E-state index >= 15 is 0 Å². The van der Waals surface area contributed by atoms with Crippen LogP contribution in [0.2, 0.25) is 0 Å². The first-order valence-electron chi connectivity index (χ1n) is 5.23. The van der Waals surface area contributed by atoms with Crippen molar-refractivity contribution in [2.45, 2.75) is 0 Å². The molecule has 0 aliphatic carbocycles. The van der Waals surface area contributed by atoms with Crippen molar-refractivity contribution >= 4 is 128 Å². The van der Waals surface area contributed by atoms with Crippen LogP contribution in [0.3, 0.4) is 0 Å². The van der Waals surface area contributed by atoms with E-state index in [0.717, 1.165) is 22.4 Å². The minimum Gasteiger partial charge on any atom is -0.507 e. The van der Waals surface area contributed by atoms with Gasteiger partial charge in [-0.25, -0.2) is 0 Å². The van der Waals surface area contributed by atoms with Crippen LogP contribution in [0, 0.1) is 0 Å². The third-order valence-corrected chi connectivity index (χ3v) is 11.1. The van der Waals surface area contributed by atoms with E-state index in [9.17, 15) is 5.11 Å². The lowest BCUT2D eigenvalue weighted by Crippen LogP contribution is -1.93. The topological polar surface area (TPSA) is 29.5 Å². The Hall–Kier alpha value is 1.88. The lowest BCUT2D eigenvalue weighted by atomic mass is 10.0. The predicted octanol–water partition coefficient (Wildman–Crippen LogP) is 9.09. The first-order valence-corrected chi connectivity index (χ1v) is 11.4. The van der Waals surface area contributed by atoms with E-state index in [4.69, 9.17) is 3.83 Å². The molecule has 0 bridgehead atoms. The molecule has 0 radical (unpaired) electrons. The molecule has 0 saturated heterocycles. The smallest absolute Gasteiger partial charge is 0.179 e. The summed E-state index contributed by atoms with van der Waals surface area (Å²) in [4.78, 5) is 0. The maximum Gasteiger partial charge on any atom is 0.179 e. The number of phenols is 1. The summed E-state index contributed by atoms with van der Waals surface area (Å²) < 4.78 is 10.5. The number of benzene rings is 2. The van der Waals surface area contributed by atoms with Crippen LogP contribution in [-0.4, -0.2) is 5.11 Å². The van der Waals surface area contributed by atoms with Crippen molar-refractivity contribution in [2.75, 3.05) is 0 Å². The highest BCUT2D eigenvalue weighted by Crippen LogP contribution is 2.55. The van der Waals surface area contributed by atoms with Crippen LogP contribution in [0.1, 0.15) is 0 Å². The van der Waals surface area contributed by atoms with E-state index in [-0.39, 0.29) is 5.75 Å². The van der Waals surface area contributed by atoms with Crippen molar-refractivity contribution in [3.63, 3.8) is 0 Å². The van der Waals surface area contributed by atoms with Gasteiger partial charge in [0.05, 0.1) is 8.95 Å². The molecule has 1 N–H and O–H groups in total. The second-order valence-electron chi connectivity index (χ2n) is 3.92. The van der Waals surface area contributed by atoms with Gasteiger partial charge < -0.3 is 8.93 Å². The number of halogens is 8. The summed E-state index contributed by atoms with van der Waals surface area (Å²) in [7, 11) is 0. The summed E-state index contributed by atoms with van der Waals surface area (Å²) >= 11 is 27.4. The SMILES string of the molecule is Oc1cc(Br)c(Br)c(Br)c1-c1c(Br)c(Br)c(Br)c(Br)c1OBr. The zero-order valence-corrected chi connectivity index (χ0v) is 22.6. The Morgan fingerprint density at radius 1 is 0.682 bits per heavy atom. The number of hydrogen-bond donors (Lipinski definition) is 1. The molecule has 0 fully saturated rings. The monoisotopic (exact) mass is 809 g/mol. The molecule has 22 heavy (non-hydrogen) atoms. The minimum atomic E-state index is 0.0922. The van der Waals surface area contributed by atoms with Gasteiger partial charge in [-0.2, -0.15) is 0 Å². The van der Waals surface area contributed by atoms with Crippen molar-refractivity contribution in [3.8, 4) is 22.6 Å². The molecule has 0 spiro atoms. The van der Waals surface area contributed by atoms with Crippen LogP contribution in [0.15, 0.2) is 37.4 Å². The molecule has 0 aliphatic rings. The van der Waals surface area contributed by atoms with Crippen LogP contribution in [0.5, 0.6) is 11.5 Å². The molecule has 0 aromatic heterocycles. The van der Waals surface area contributed by atoms with Crippen LogP contribution >= 0.6 is 128 Å². The van der Waals surface area contributed by atoms with Crippen molar-refractivity contribution in [2.24, 2.45) is 0 Å². The normalized spacial score (nSPS) is 10.9. The van der Waals surface area contributed by atoms with Gasteiger partial charge in [0.25, 0.3) is 0 Å². The maximum atomic E-state index is 10.4. The first-order chi connectivity index (χ1) is 10.2. The van der Waals surface area contributed by atoms with Gasteiger partial charge in [-0.3, -0.25) is 0 Å². The van der Waals surface area contributed by atoms with E-state index < -0.39 is 0 Å². The average molecular weight is 817 g/mol. The van der Waals surface area contributed by atoms with Gasteiger partial charge in [-0.15, -0.1) is 0 Å². The highest BCUT2D eigenvalue weighted by atomic mass is 79.9.